The molecule has 1 aromatic carbocycles. The van der Waals surface area contributed by atoms with E-state index in [9.17, 15) is 0 Å². The largest absolute Gasteiger partial charge is 0.378 e. The second-order valence-corrected chi connectivity index (χ2v) is 4.55. The summed E-state index contributed by atoms with van der Waals surface area (Å²) < 4.78 is 0. The fourth-order valence-corrected chi connectivity index (χ4v) is 1.79. The molecule has 0 unspecified atom stereocenters. The molecule has 88 valence electrons. The van der Waals surface area contributed by atoms with Gasteiger partial charge in [-0.3, -0.25) is 0 Å². The minimum Gasteiger partial charge on any atom is -0.378 e. The van der Waals surface area contributed by atoms with E-state index < -0.39 is 0 Å². The molecule has 1 aromatic rings. The number of anilines is 1. The third-order valence-electron chi connectivity index (χ3n) is 2.54. The second kappa shape index (κ2) is 5.85. The quantitative estimate of drug-likeness (QED) is 0.742. The zero-order chi connectivity index (χ0) is 12.1. The van der Waals surface area contributed by atoms with E-state index in [0.29, 0.717) is 0 Å². The Morgan fingerprint density at radius 3 is 2.12 bits per heavy atom. The summed E-state index contributed by atoms with van der Waals surface area (Å²) in [6.07, 6.45) is 1.12. The Balaban J connectivity index is 2.77. The Morgan fingerprint density at radius 2 is 1.69 bits per heavy atom. The summed E-state index contributed by atoms with van der Waals surface area (Å²) in [6.45, 7) is 3.17. The van der Waals surface area contributed by atoms with Gasteiger partial charge >= 0.3 is 0 Å². The first kappa shape index (κ1) is 13.0. The van der Waals surface area contributed by atoms with Gasteiger partial charge in [-0.2, -0.15) is 0 Å². The molecule has 0 aromatic heterocycles. The van der Waals surface area contributed by atoms with Crippen molar-refractivity contribution >= 4 is 22.9 Å². The molecule has 0 fully saturated rings. The molecule has 0 aliphatic heterocycles. The van der Waals surface area contributed by atoms with Crippen LogP contribution in [-0.4, -0.2) is 37.6 Å². The van der Waals surface area contributed by atoms with E-state index in [0.717, 1.165) is 23.5 Å². The summed E-state index contributed by atoms with van der Waals surface area (Å²) in [6, 6.07) is 8.37. The van der Waals surface area contributed by atoms with E-state index in [4.69, 9.17) is 12.2 Å². The van der Waals surface area contributed by atoms with Gasteiger partial charge in [0.1, 0.15) is 4.99 Å². The highest BCUT2D eigenvalue weighted by Gasteiger charge is 2.06. The smallest absolute Gasteiger partial charge is 0.108 e. The van der Waals surface area contributed by atoms with Crippen LogP contribution < -0.4 is 4.90 Å². The molecular weight excluding hydrogens is 216 g/mol. The van der Waals surface area contributed by atoms with Crippen molar-refractivity contribution in [3.63, 3.8) is 0 Å². The predicted octanol–water partition coefficient (Wildman–Crippen LogP) is 2.77. The van der Waals surface area contributed by atoms with Crippen molar-refractivity contribution in [2.24, 2.45) is 0 Å². The van der Waals surface area contributed by atoms with Crippen molar-refractivity contribution in [2.45, 2.75) is 13.3 Å². The summed E-state index contributed by atoms with van der Waals surface area (Å²) in [4.78, 5) is 5.13. The molecule has 0 saturated heterocycles. The molecule has 0 aliphatic carbocycles. The first-order valence-corrected chi connectivity index (χ1v) is 6.00. The lowest BCUT2D eigenvalue weighted by Crippen LogP contribution is -2.26. The normalized spacial score (nSPS) is 10.0. The monoisotopic (exact) mass is 236 g/mol. The Labute approximate surface area is 104 Å². The van der Waals surface area contributed by atoms with E-state index in [1.165, 1.54) is 5.69 Å². The summed E-state index contributed by atoms with van der Waals surface area (Å²) in [5.41, 5.74) is 2.32. The Morgan fingerprint density at radius 1 is 1.12 bits per heavy atom. The van der Waals surface area contributed by atoms with Gasteiger partial charge in [0.2, 0.25) is 0 Å². The van der Waals surface area contributed by atoms with Gasteiger partial charge in [-0.15, -0.1) is 0 Å². The van der Waals surface area contributed by atoms with Crippen LogP contribution in [0.4, 0.5) is 5.69 Å². The number of nitrogens with zero attached hydrogens (tertiary/aromatic N) is 2. The SMILES string of the molecule is CCCN(C)C(=S)c1ccc(N(C)C)cc1. The van der Waals surface area contributed by atoms with Crippen molar-refractivity contribution in [1.82, 2.24) is 4.90 Å². The average Bonchev–Trinajstić information content (AvgIpc) is 2.28. The van der Waals surface area contributed by atoms with E-state index in [1.54, 1.807) is 0 Å². The van der Waals surface area contributed by atoms with Crippen molar-refractivity contribution in [3.05, 3.63) is 29.8 Å². The van der Waals surface area contributed by atoms with Gasteiger partial charge in [-0.1, -0.05) is 19.1 Å². The van der Waals surface area contributed by atoms with Crippen LogP contribution in [0.15, 0.2) is 24.3 Å². The van der Waals surface area contributed by atoms with E-state index >= 15 is 0 Å². The van der Waals surface area contributed by atoms with Crippen molar-refractivity contribution in [3.8, 4) is 0 Å². The number of hydrogen-bond donors (Lipinski definition) is 0. The molecule has 1 rings (SSSR count). The number of benzene rings is 1. The van der Waals surface area contributed by atoms with Crippen LogP contribution in [0.1, 0.15) is 18.9 Å². The molecule has 0 aliphatic rings. The predicted molar refractivity (Wildman–Crippen MR) is 75.4 cm³/mol. The molecule has 0 bridgehead atoms. The minimum absolute atomic E-state index is 0.923. The lowest BCUT2D eigenvalue weighted by Gasteiger charge is -2.20. The highest BCUT2D eigenvalue weighted by atomic mass is 32.1. The van der Waals surface area contributed by atoms with Crippen LogP contribution in [0.3, 0.4) is 0 Å². The Bertz CT molecular complexity index is 343. The molecule has 16 heavy (non-hydrogen) atoms. The maximum atomic E-state index is 5.43. The zero-order valence-corrected chi connectivity index (χ0v) is 11.3. The molecule has 0 amide bonds. The van der Waals surface area contributed by atoms with Gasteiger partial charge in [0.25, 0.3) is 0 Å². The fraction of sp³-hybridized carbons (Fsp3) is 0.462. The molecule has 0 spiro atoms. The maximum Gasteiger partial charge on any atom is 0.108 e. The summed E-state index contributed by atoms with van der Waals surface area (Å²) in [5.74, 6) is 0. The molecule has 0 saturated carbocycles. The average molecular weight is 236 g/mol. The third kappa shape index (κ3) is 3.20. The Kier molecular flexibility index (Phi) is 4.74. The van der Waals surface area contributed by atoms with Gasteiger partial charge in [0.05, 0.1) is 0 Å². The summed E-state index contributed by atoms with van der Waals surface area (Å²) in [7, 11) is 6.12. The summed E-state index contributed by atoms with van der Waals surface area (Å²) >= 11 is 5.43. The number of rotatable bonds is 4. The topological polar surface area (TPSA) is 6.48 Å². The minimum atomic E-state index is 0.923. The first-order valence-electron chi connectivity index (χ1n) is 5.59. The highest BCUT2D eigenvalue weighted by molar-refractivity contribution is 7.80. The lowest BCUT2D eigenvalue weighted by molar-refractivity contribution is 0.510. The molecule has 0 heterocycles. The second-order valence-electron chi connectivity index (χ2n) is 4.17. The van der Waals surface area contributed by atoms with Gasteiger partial charge < -0.3 is 9.80 Å². The van der Waals surface area contributed by atoms with Crippen LogP contribution in [0, 0.1) is 0 Å². The number of thiocarbonyl (C=S) groups is 1. The van der Waals surface area contributed by atoms with Crippen LogP contribution in [0.2, 0.25) is 0 Å². The molecule has 3 heteroatoms. The third-order valence-corrected chi connectivity index (χ3v) is 3.08. The van der Waals surface area contributed by atoms with Crippen molar-refractivity contribution < 1.29 is 0 Å². The highest BCUT2D eigenvalue weighted by Crippen LogP contribution is 2.14. The van der Waals surface area contributed by atoms with Gasteiger partial charge in [0, 0.05) is 38.9 Å². The Hall–Kier alpha value is -1.09. The van der Waals surface area contributed by atoms with Crippen LogP contribution >= 0.6 is 12.2 Å². The maximum absolute atomic E-state index is 5.43. The van der Waals surface area contributed by atoms with Crippen LogP contribution in [0.5, 0.6) is 0 Å². The van der Waals surface area contributed by atoms with E-state index in [-0.39, 0.29) is 0 Å². The lowest BCUT2D eigenvalue weighted by atomic mass is 10.2. The molecule has 0 N–H and O–H groups in total. The molecule has 2 nitrogen and oxygen atoms in total. The zero-order valence-electron chi connectivity index (χ0n) is 10.5. The van der Waals surface area contributed by atoms with Crippen LogP contribution in [-0.2, 0) is 0 Å². The van der Waals surface area contributed by atoms with E-state index in [1.807, 2.05) is 21.1 Å². The fourth-order valence-electron chi connectivity index (χ4n) is 1.56. The molecule has 0 radical (unpaired) electrons. The molecule has 0 atom stereocenters. The standard InChI is InChI=1S/C13H20N2S/c1-5-10-15(4)13(16)11-6-8-12(9-7-11)14(2)3/h6-9H,5,10H2,1-4H3. The van der Waals surface area contributed by atoms with Crippen LogP contribution in [0.25, 0.3) is 0 Å². The molecular formula is C13H20N2S. The number of hydrogen-bond acceptors (Lipinski definition) is 2. The summed E-state index contributed by atoms with van der Waals surface area (Å²) in [5, 5.41) is 0. The van der Waals surface area contributed by atoms with Crippen molar-refractivity contribution in [2.75, 3.05) is 32.6 Å². The van der Waals surface area contributed by atoms with Crippen molar-refractivity contribution in [1.29, 1.82) is 0 Å². The van der Waals surface area contributed by atoms with Gasteiger partial charge in [0.15, 0.2) is 0 Å². The first-order chi connectivity index (χ1) is 7.56. The van der Waals surface area contributed by atoms with E-state index in [2.05, 4.69) is 41.0 Å². The van der Waals surface area contributed by atoms with Gasteiger partial charge in [-0.25, -0.2) is 0 Å². The van der Waals surface area contributed by atoms with Gasteiger partial charge in [-0.05, 0) is 30.7 Å².